The second-order valence-corrected chi connectivity index (χ2v) is 10.3. The molecule has 9 heteroatoms. The number of unbranched alkanes of at least 4 members (excludes halogenated alkanes) is 3. The largest absolute Gasteiger partial charge is 0.444 e. The number of nitrogens with one attached hydrogen (secondary N) is 2. The minimum atomic E-state index is -1.27. The Morgan fingerprint density at radius 3 is 2.11 bits per heavy atom. The molecule has 4 amide bonds. The van der Waals surface area contributed by atoms with Gasteiger partial charge in [0.25, 0.3) is 0 Å². The van der Waals surface area contributed by atoms with Gasteiger partial charge >= 0.3 is 6.09 Å². The van der Waals surface area contributed by atoms with Crippen LogP contribution in [0.3, 0.4) is 0 Å². The highest BCUT2D eigenvalue weighted by molar-refractivity contribution is 5.94. The number of amides is 4. The van der Waals surface area contributed by atoms with E-state index in [1.54, 1.807) is 20.8 Å². The first-order chi connectivity index (χ1) is 17.4. The van der Waals surface area contributed by atoms with Crippen LogP contribution >= 0.6 is 0 Å². The summed E-state index contributed by atoms with van der Waals surface area (Å²) in [5.41, 5.74) is 6.39. The molecule has 4 N–H and O–H groups in total. The minimum absolute atomic E-state index is 0.267. The van der Waals surface area contributed by atoms with E-state index in [0.717, 1.165) is 37.7 Å². The molecule has 2 atom stereocenters. The maximum Gasteiger partial charge on any atom is 0.408 e. The first kappa shape index (κ1) is 31.9. The third-order valence-corrected chi connectivity index (χ3v) is 5.77. The zero-order valence-corrected chi connectivity index (χ0v) is 23.4. The van der Waals surface area contributed by atoms with E-state index in [0.29, 0.717) is 18.5 Å². The fourth-order valence-corrected chi connectivity index (χ4v) is 3.84. The van der Waals surface area contributed by atoms with Crippen molar-refractivity contribution in [3.8, 4) is 0 Å². The Hall–Kier alpha value is -3.10. The number of nitrogens with zero attached hydrogens (tertiary/aromatic N) is 1. The molecule has 0 aliphatic rings. The van der Waals surface area contributed by atoms with E-state index in [1.807, 2.05) is 38.1 Å². The van der Waals surface area contributed by atoms with E-state index < -0.39 is 42.0 Å². The van der Waals surface area contributed by atoms with Crippen LogP contribution in [0.4, 0.5) is 4.79 Å². The summed E-state index contributed by atoms with van der Waals surface area (Å²) in [6.07, 6.45) is 3.83. The van der Waals surface area contributed by atoms with Crippen molar-refractivity contribution in [1.29, 1.82) is 0 Å². The van der Waals surface area contributed by atoms with Crippen molar-refractivity contribution in [2.45, 2.75) is 104 Å². The molecule has 0 aliphatic heterocycles. The van der Waals surface area contributed by atoms with E-state index in [2.05, 4.69) is 17.6 Å². The lowest BCUT2D eigenvalue weighted by Gasteiger charge is -2.34. The monoisotopic (exact) mass is 518 g/mol. The molecule has 1 aromatic rings. The predicted octanol–water partition coefficient (Wildman–Crippen LogP) is 3.99. The number of primary amides is 1. The highest BCUT2D eigenvalue weighted by Crippen LogP contribution is 2.24. The van der Waals surface area contributed by atoms with E-state index in [4.69, 9.17) is 10.5 Å². The molecule has 0 fully saturated rings. The molecule has 9 nitrogen and oxygen atoms in total. The Bertz CT molecular complexity index is 880. The molecule has 0 bridgehead atoms. The number of hydrogen-bond donors (Lipinski definition) is 3. The SMILES string of the molecule is CCCCCNC(=O)C(c1ccc(CC)cc1)N(CCCC)C(=O)C(CC(N)=O)NC(=O)OC(C)(C)C. The zero-order chi connectivity index (χ0) is 28.0. The van der Waals surface area contributed by atoms with Crippen molar-refractivity contribution >= 4 is 23.8 Å². The summed E-state index contributed by atoms with van der Waals surface area (Å²) in [7, 11) is 0. The van der Waals surface area contributed by atoms with Crippen LogP contribution in [0.2, 0.25) is 0 Å². The molecule has 0 aromatic heterocycles. The van der Waals surface area contributed by atoms with Gasteiger partial charge in [0, 0.05) is 13.1 Å². The van der Waals surface area contributed by atoms with Gasteiger partial charge in [-0.25, -0.2) is 4.79 Å². The summed E-state index contributed by atoms with van der Waals surface area (Å²) in [6, 6.07) is 5.39. The van der Waals surface area contributed by atoms with Crippen LogP contribution in [0, 0.1) is 0 Å². The van der Waals surface area contributed by atoms with Gasteiger partial charge in [-0.05, 0) is 51.2 Å². The molecule has 1 rings (SSSR count). The van der Waals surface area contributed by atoms with Gasteiger partial charge in [-0.2, -0.15) is 0 Å². The molecule has 37 heavy (non-hydrogen) atoms. The predicted molar refractivity (Wildman–Crippen MR) is 145 cm³/mol. The van der Waals surface area contributed by atoms with Crippen molar-refractivity contribution in [2.75, 3.05) is 13.1 Å². The van der Waals surface area contributed by atoms with Crippen LogP contribution < -0.4 is 16.4 Å². The summed E-state index contributed by atoms with van der Waals surface area (Å²) in [5, 5.41) is 5.47. The fraction of sp³-hybridized carbons (Fsp3) is 0.643. The van der Waals surface area contributed by atoms with Crippen LogP contribution in [-0.4, -0.2) is 53.4 Å². The van der Waals surface area contributed by atoms with Crippen molar-refractivity contribution in [1.82, 2.24) is 15.5 Å². The molecule has 0 spiro atoms. The minimum Gasteiger partial charge on any atom is -0.444 e. The number of alkyl carbamates (subject to hydrolysis) is 1. The lowest BCUT2D eigenvalue weighted by molar-refractivity contribution is -0.143. The molecular formula is C28H46N4O5. The van der Waals surface area contributed by atoms with Gasteiger partial charge in [0.2, 0.25) is 17.7 Å². The van der Waals surface area contributed by atoms with Crippen LogP contribution in [0.25, 0.3) is 0 Å². The molecule has 0 saturated carbocycles. The Kier molecular flexibility index (Phi) is 13.7. The van der Waals surface area contributed by atoms with Crippen LogP contribution in [0.15, 0.2) is 24.3 Å². The first-order valence-corrected chi connectivity index (χ1v) is 13.4. The smallest absolute Gasteiger partial charge is 0.408 e. The van der Waals surface area contributed by atoms with Gasteiger partial charge in [-0.3, -0.25) is 14.4 Å². The highest BCUT2D eigenvalue weighted by Gasteiger charge is 2.36. The third-order valence-electron chi connectivity index (χ3n) is 5.77. The van der Waals surface area contributed by atoms with E-state index in [9.17, 15) is 19.2 Å². The molecule has 0 saturated heterocycles. The van der Waals surface area contributed by atoms with Crippen LogP contribution in [0.5, 0.6) is 0 Å². The Morgan fingerprint density at radius 2 is 1.59 bits per heavy atom. The summed E-state index contributed by atoms with van der Waals surface area (Å²) >= 11 is 0. The summed E-state index contributed by atoms with van der Waals surface area (Å²) in [4.78, 5) is 53.2. The normalized spacial score (nSPS) is 12.8. The van der Waals surface area contributed by atoms with Crippen LogP contribution in [-0.2, 0) is 25.5 Å². The van der Waals surface area contributed by atoms with Crippen molar-refractivity contribution < 1.29 is 23.9 Å². The Morgan fingerprint density at radius 1 is 0.973 bits per heavy atom. The van der Waals surface area contributed by atoms with Crippen molar-refractivity contribution in [3.05, 3.63) is 35.4 Å². The van der Waals surface area contributed by atoms with Gasteiger partial charge in [0.15, 0.2) is 0 Å². The molecule has 0 radical (unpaired) electrons. The average molecular weight is 519 g/mol. The van der Waals surface area contributed by atoms with Crippen molar-refractivity contribution in [2.24, 2.45) is 5.73 Å². The summed E-state index contributed by atoms with van der Waals surface area (Å²) in [5.74, 6) is -1.62. The molecule has 1 aromatic carbocycles. The Balaban J connectivity index is 3.41. The third kappa shape index (κ3) is 11.7. The maximum absolute atomic E-state index is 13.9. The van der Waals surface area contributed by atoms with Gasteiger partial charge in [0.1, 0.15) is 17.7 Å². The van der Waals surface area contributed by atoms with Gasteiger partial charge in [-0.1, -0.05) is 64.3 Å². The van der Waals surface area contributed by atoms with Crippen molar-refractivity contribution in [3.63, 3.8) is 0 Å². The lowest BCUT2D eigenvalue weighted by atomic mass is 9.99. The maximum atomic E-state index is 13.9. The number of hydrogen-bond acceptors (Lipinski definition) is 5. The molecular weight excluding hydrogens is 472 g/mol. The first-order valence-electron chi connectivity index (χ1n) is 13.4. The highest BCUT2D eigenvalue weighted by atomic mass is 16.6. The standard InChI is InChI=1S/C28H46N4O5/c1-7-10-12-17-30-25(34)24(21-15-13-20(9-3)14-16-21)32(18-11-8-2)26(35)22(19-23(29)33)31-27(36)37-28(4,5)6/h13-16,22,24H,7-12,17-19H2,1-6H3,(H2,29,33)(H,30,34)(H,31,36). The second kappa shape index (κ2) is 15.9. The number of benzene rings is 1. The quantitative estimate of drug-likeness (QED) is 0.302. The number of carbonyl (C=O) groups excluding carboxylic acids is 4. The average Bonchev–Trinajstić information content (AvgIpc) is 2.82. The number of carbonyl (C=O) groups is 4. The number of nitrogens with two attached hydrogens (primary N) is 1. The summed E-state index contributed by atoms with van der Waals surface area (Å²) < 4.78 is 5.30. The molecule has 0 aliphatic carbocycles. The Labute approximate surface area is 221 Å². The summed E-state index contributed by atoms with van der Waals surface area (Å²) in [6.45, 7) is 12.0. The number of aryl methyl sites for hydroxylation is 1. The lowest BCUT2D eigenvalue weighted by Crippen LogP contribution is -2.54. The van der Waals surface area contributed by atoms with E-state index in [-0.39, 0.29) is 12.5 Å². The van der Waals surface area contributed by atoms with E-state index >= 15 is 0 Å². The number of ether oxygens (including phenoxy) is 1. The zero-order valence-electron chi connectivity index (χ0n) is 23.4. The van der Waals surface area contributed by atoms with Gasteiger partial charge < -0.3 is 26.0 Å². The topological polar surface area (TPSA) is 131 Å². The van der Waals surface area contributed by atoms with Crippen LogP contribution in [0.1, 0.15) is 97.2 Å². The molecule has 2 unspecified atom stereocenters. The van der Waals surface area contributed by atoms with Gasteiger partial charge in [-0.15, -0.1) is 0 Å². The number of rotatable bonds is 15. The fourth-order valence-electron chi connectivity index (χ4n) is 3.84. The second-order valence-electron chi connectivity index (χ2n) is 10.3. The van der Waals surface area contributed by atoms with Gasteiger partial charge in [0.05, 0.1) is 6.42 Å². The van der Waals surface area contributed by atoms with E-state index in [1.165, 1.54) is 4.90 Å². The molecule has 208 valence electrons. The molecule has 0 heterocycles.